The summed E-state index contributed by atoms with van der Waals surface area (Å²) < 4.78 is 9.54. The van der Waals surface area contributed by atoms with Crippen molar-refractivity contribution in [3.63, 3.8) is 0 Å². The number of nitro groups is 4. The lowest BCUT2D eigenvalue weighted by Gasteiger charge is -2.06. The van der Waals surface area contributed by atoms with Crippen molar-refractivity contribution in [1.29, 1.82) is 0 Å². The first-order valence-electron chi connectivity index (χ1n) is 8.68. The van der Waals surface area contributed by atoms with E-state index < -0.39 is 53.9 Å². The zero-order chi connectivity index (χ0) is 25.2. The SMILES string of the molecule is COc1c([N+](=O)[O-])cc(-c2nnc(-c3cc([N+](=O)[O-])c(OC)c([N+](=O)[O-])c3)nn2)cc1[N+](=O)[O-]. The van der Waals surface area contributed by atoms with Gasteiger partial charge in [0.25, 0.3) is 11.5 Å². The van der Waals surface area contributed by atoms with E-state index in [-0.39, 0.29) is 22.8 Å². The van der Waals surface area contributed by atoms with Gasteiger partial charge in [0.05, 0.1) is 33.9 Å². The minimum Gasteiger partial charge on any atom is -0.485 e. The molecule has 0 N–H and O–H groups in total. The lowest BCUT2D eigenvalue weighted by Crippen LogP contribution is -2.04. The van der Waals surface area contributed by atoms with E-state index in [1.54, 1.807) is 0 Å². The molecule has 0 aliphatic heterocycles. The molecule has 1 heterocycles. The Bertz CT molecular complexity index is 1170. The third-order valence-electron chi connectivity index (χ3n) is 4.29. The van der Waals surface area contributed by atoms with Crippen LogP contribution in [0.15, 0.2) is 24.3 Å². The summed E-state index contributed by atoms with van der Waals surface area (Å²) in [4.78, 5) is 41.6. The fourth-order valence-corrected chi connectivity index (χ4v) is 2.88. The van der Waals surface area contributed by atoms with E-state index in [0.717, 1.165) is 38.5 Å². The van der Waals surface area contributed by atoms with E-state index >= 15 is 0 Å². The molecule has 174 valence electrons. The predicted molar refractivity (Wildman–Crippen MR) is 108 cm³/mol. The predicted octanol–water partition coefficient (Wildman–Crippen LogP) is 2.25. The standard InChI is InChI=1S/C16H10N8O10/c1-33-13-9(21(25)26)3-7(4-10(13)22(27)28)15-17-19-16(20-18-15)8-5-11(23(29)30)14(34-2)12(6-8)24(31)32/h3-6H,1-2H3. The third kappa shape index (κ3) is 4.17. The highest BCUT2D eigenvalue weighted by molar-refractivity contribution is 5.73. The summed E-state index contributed by atoms with van der Waals surface area (Å²) >= 11 is 0. The number of ether oxygens (including phenoxy) is 2. The first-order valence-corrected chi connectivity index (χ1v) is 8.68. The van der Waals surface area contributed by atoms with Crippen molar-refractivity contribution in [3.8, 4) is 34.3 Å². The Morgan fingerprint density at radius 1 is 0.559 bits per heavy atom. The second-order valence-corrected chi connectivity index (χ2v) is 6.17. The summed E-state index contributed by atoms with van der Waals surface area (Å²) in [5.74, 6) is -1.91. The number of aromatic nitrogens is 4. The topological polar surface area (TPSA) is 243 Å². The summed E-state index contributed by atoms with van der Waals surface area (Å²) in [5.41, 5.74) is -3.34. The highest BCUT2D eigenvalue weighted by atomic mass is 16.6. The summed E-state index contributed by atoms with van der Waals surface area (Å²) in [6.45, 7) is 0. The van der Waals surface area contributed by atoms with Gasteiger partial charge in [-0.25, -0.2) is 0 Å². The molecule has 34 heavy (non-hydrogen) atoms. The van der Waals surface area contributed by atoms with Gasteiger partial charge >= 0.3 is 22.7 Å². The van der Waals surface area contributed by atoms with Crippen molar-refractivity contribution < 1.29 is 29.2 Å². The molecule has 0 radical (unpaired) electrons. The number of methoxy groups -OCH3 is 2. The van der Waals surface area contributed by atoms with Crippen molar-refractivity contribution in [2.45, 2.75) is 0 Å². The van der Waals surface area contributed by atoms with Gasteiger partial charge in [0.15, 0.2) is 0 Å². The van der Waals surface area contributed by atoms with Crippen molar-refractivity contribution in [3.05, 3.63) is 64.7 Å². The number of rotatable bonds is 8. The molecule has 0 saturated carbocycles. The van der Waals surface area contributed by atoms with Gasteiger partial charge in [0, 0.05) is 35.4 Å². The van der Waals surface area contributed by atoms with E-state index in [1.807, 2.05) is 0 Å². The lowest BCUT2D eigenvalue weighted by atomic mass is 10.1. The Morgan fingerprint density at radius 3 is 0.971 bits per heavy atom. The Kier molecular flexibility index (Phi) is 6.14. The fraction of sp³-hybridized carbons (Fsp3) is 0.125. The van der Waals surface area contributed by atoms with Crippen LogP contribution in [0.3, 0.4) is 0 Å². The number of hydrogen-bond acceptors (Lipinski definition) is 14. The van der Waals surface area contributed by atoms with Gasteiger partial charge in [-0.2, -0.15) is 0 Å². The molecule has 0 atom stereocenters. The van der Waals surface area contributed by atoms with Gasteiger partial charge in [-0.15, -0.1) is 20.4 Å². The maximum atomic E-state index is 11.3. The molecule has 0 aliphatic rings. The summed E-state index contributed by atoms with van der Waals surface area (Å²) in [5, 5.41) is 60.0. The van der Waals surface area contributed by atoms with E-state index in [4.69, 9.17) is 9.47 Å². The zero-order valence-corrected chi connectivity index (χ0v) is 17.0. The average molecular weight is 474 g/mol. The molecular weight excluding hydrogens is 464 g/mol. The highest BCUT2D eigenvalue weighted by Gasteiger charge is 2.31. The second kappa shape index (κ2) is 8.98. The van der Waals surface area contributed by atoms with Crippen LogP contribution in [0.1, 0.15) is 0 Å². The molecule has 3 aromatic rings. The Hall–Kier alpha value is -5.42. The molecule has 0 aliphatic carbocycles. The highest BCUT2D eigenvalue weighted by Crippen LogP contribution is 2.41. The zero-order valence-electron chi connectivity index (χ0n) is 17.0. The van der Waals surface area contributed by atoms with Crippen LogP contribution in [0, 0.1) is 40.5 Å². The van der Waals surface area contributed by atoms with Gasteiger partial charge < -0.3 is 9.47 Å². The molecule has 0 saturated heterocycles. The van der Waals surface area contributed by atoms with Gasteiger partial charge in [-0.05, 0) is 0 Å². The van der Waals surface area contributed by atoms with Crippen molar-refractivity contribution >= 4 is 22.7 Å². The van der Waals surface area contributed by atoms with E-state index in [1.165, 1.54) is 0 Å². The molecule has 0 amide bonds. The van der Waals surface area contributed by atoms with E-state index in [2.05, 4.69) is 20.4 Å². The van der Waals surface area contributed by atoms with Crippen LogP contribution in [-0.4, -0.2) is 54.3 Å². The van der Waals surface area contributed by atoms with Crippen LogP contribution < -0.4 is 9.47 Å². The minimum atomic E-state index is -0.903. The van der Waals surface area contributed by atoms with Crippen molar-refractivity contribution in [1.82, 2.24) is 20.4 Å². The maximum Gasteiger partial charge on any atom is 0.319 e. The summed E-state index contributed by atoms with van der Waals surface area (Å²) in [7, 11) is 2.05. The van der Waals surface area contributed by atoms with Crippen molar-refractivity contribution in [2.75, 3.05) is 14.2 Å². The molecule has 0 bridgehead atoms. The first-order chi connectivity index (χ1) is 16.1. The monoisotopic (exact) mass is 474 g/mol. The molecule has 0 unspecified atom stereocenters. The normalized spacial score (nSPS) is 10.4. The minimum absolute atomic E-state index is 0.197. The Morgan fingerprint density at radius 2 is 0.794 bits per heavy atom. The molecule has 2 aromatic carbocycles. The molecule has 0 spiro atoms. The smallest absolute Gasteiger partial charge is 0.319 e. The van der Waals surface area contributed by atoms with Gasteiger partial charge in [-0.1, -0.05) is 0 Å². The van der Waals surface area contributed by atoms with Gasteiger partial charge in [0.2, 0.25) is 11.6 Å². The van der Waals surface area contributed by atoms with Gasteiger partial charge in [-0.3, -0.25) is 40.5 Å². The number of nitrogens with zero attached hydrogens (tertiary/aromatic N) is 8. The number of hydrogen-bond donors (Lipinski definition) is 0. The van der Waals surface area contributed by atoms with Crippen LogP contribution in [0.5, 0.6) is 11.5 Å². The maximum absolute atomic E-state index is 11.3. The van der Waals surface area contributed by atoms with E-state index in [9.17, 15) is 40.5 Å². The third-order valence-corrected chi connectivity index (χ3v) is 4.29. The first kappa shape index (κ1) is 23.2. The molecular formula is C16H10N8O10. The van der Waals surface area contributed by atoms with Crippen LogP contribution >= 0.6 is 0 Å². The van der Waals surface area contributed by atoms with Crippen LogP contribution in [0.25, 0.3) is 22.8 Å². The van der Waals surface area contributed by atoms with Crippen LogP contribution in [-0.2, 0) is 0 Å². The largest absolute Gasteiger partial charge is 0.485 e. The molecule has 0 fully saturated rings. The molecule has 1 aromatic heterocycles. The van der Waals surface area contributed by atoms with Gasteiger partial charge in [0.1, 0.15) is 0 Å². The number of benzene rings is 2. The molecule has 3 rings (SSSR count). The van der Waals surface area contributed by atoms with Crippen LogP contribution in [0.2, 0.25) is 0 Å². The van der Waals surface area contributed by atoms with Crippen LogP contribution in [0.4, 0.5) is 22.7 Å². The molecule has 18 heteroatoms. The summed E-state index contributed by atoms with van der Waals surface area (Å²) in [6, 6.07) is 3.64. The lowest BCUT2D eigenvalue weighted by molar-refractivity contribution is -0.396. The Labute approximate surface area is 186 Å². The summed E-state index contributed by atoms with van der Waals surface area (Å²) in [6.07, 6.45) is 0. The van der Waals surface area contributed by atoms with E-state index in [0.29, 0.717) is 0 Å². The van der Waals surface area contributed by atoms with Crippen molar-refractivity contribution in [2.24, 2.45) is 0 Å². The number of nitro benzene ring substituents is 4. The second-order valence-electron chi connectivity index (χ2n) is 6.17. The molecule has 18 nitrogen and oxygen atoms in total. The average Bonchev–Trinajstić information content (AvgIpc) is 2.81. The fourth-order valence-electron chi connectivity index (χ4n) is 2.88. The Balaban J connectivity index is 2.14. The quantitative estimate of drug-likeness (QED) is 0.336.